The zero-order valence-electron chi connectivity index (χ0n) is 17.8. The van der Waals surface area contributed by atoms with Crippen LogP contribution in [0.25, 0.3) is 0 Å². The van der Waals surface area contributed by atoms with Gasteiger partial charge in [0, 0.05) is 17.7 Å². The number of amides is 2. The van der Waals surface area contributed by atoms with Gasteiger partial charge < -0.3 is 20.1 Å². The summed E-state index contributed by atoms with van der Waals surface area (Å²) in [5.74, 6) is -2.23. The molecule has 2 rings (SSSR count). The highest BCUT2D eigenvalue weighted by Crippen LogP contribution is 2.33. The summed E-state index contributed by atoms with van der Waals surface area (Å²) in [5.41, 5.74) is 0.476. The smallest absolute Gasteiger partial charge is 0.341 e. The van der Waals surface area contributed by atoms with Crippen LogP contribution in [0.15, 0.2) is 29.2 Å². The Bertz CT molecular complexity index is 991. The van der Waals surface area contributed by atoms with Gasteiger partial charge in [-0.05, 0) is 43.7 Å². The Kier molecular flexibility index (Phi) is 9.66. The van der Waals surface area contributed by atoms with Crippen LogP contribution in [0.2, 0.25) is 0 Å². The predicted molar refractivity (Wildman–Crippen MR) is 120 cm³/mol. The van der Waals surface area contributed by atoms with Crippen molar-refractivity contribution in [3.63, 3.8) is 0 Å². The van der Waals surface area contributed by atoms with Crippen LogP contribution < -0.4 is 10.6 Å². The Morgan fingerprint density at radius 1 is 1.12 bits per heavy atom. The van der Waals surface area contributed by atoms with Crippen molar-refractivity contribution in [2.24, 2.45) is 0 Å². The molecular formula is C21H23FN2O6S2. The highest BCUT2D eigenvalue weighted by Gasteiger charge is 2.26. The number of hydrogen-bond acceptors (Lipinski definition) is 8. The van der Waals surface area contributed by atoms with E-state index in [-0.39, 0.29) is 34.3 Å². The summed E-state index contributed by atoms with van der Waals surface area (Å²) >= 11 is 2.29. The number of halogens is 1. The zero-order valence-corrected chi connectivity index (χ0v) is 19.4. The molecule has 0 unspecified atom stereocenters. The first-order chi connectivity index (χ1) is 15.3. The maximum Gasteiger partial charge on any atom is 0.341 e. The fourth-order valence-corrected chi connectivity index (χ4v) is 4.54. The van der Waals surface area contributed by atoms with Crippen molar-refractivity contribution >= 4 is 51.9 Å². The average Bonchev–Trinajstić information content (AvgIpc) is 3.09. The normalized spacial score (nSPS) is 10.4. The molecule has 1 aromatic carbocycles. The quantitative estimate of drug-likeness (QED) is 0.394. The van der Waals surface area contributed by atoms with E-state index in [9.17, 15) is 23.6 Å². The Morgan fingerprint density at radius 2 is 1.81 bits per heavy atom. The molecule has 2 N–H and O–H groups in total. The van der Waals surface area contributed by atoms with Gasteiger partial charge in [-0.15, -0.1) is 23.1 Å². The number of nitrogens with one attached hydrogen (secondary N) is 2. The molecule has 1 aromatic heterocycles. The largest absolute Gasteiger partial charge is 0.462 e. The molecule has 0 saturated heterocycles. The first-order valence-corrected chi connectivity index (χ1v) is 11.4. The van der Waals surface area contributed by atoms with E-state index in [0.29, 0.717) is 11.3 Å². The molecule has 0 saturated carbocycles. The first-order valence-electron chi connectivity index (χ1n) is 9.63. The molecule has 2 amide bonds. The number of carbonyl (C=O) groups excluding carboxylic acids is 4. The summed E-state index contributed by atoms with van der Waals surface area (Å²) in [4.78, 5) is 49.6. The van der Waals surface area contributed by atoms with Crippen molar-refractivity contribution in [3.8, 4) is 0 Å². The SMILES string of the molecule is CCOC(=O)c1c(NC(=O)COC(=O)CCSc2ccc(F)cc2)sc(C(=O)NC)c1C. The molecule has 0 aliphatic rings. The van der Waals surface area contributed by atoms with Crippen molar-refractivity contribution in [2.45, 2.75) is 25.2 Å². The molecule has 1 heterocycles. The Hall–Kier alpha value is -2.92. The fourth-order valence-electron chi connectivity index (χ4n) is 2.54. The topological polar surface area (TPSA) is 111 Å². The molecule has 0 bridgehead atoms. The van der Waals surface area contributed by atoms with Gasteiger partial charge in [0.2, 0.25) is 0 Å². The lowest BCUT2D eigenvalue weighted by Gasteiger charge is -2.08. The summed E-state index contributed by atoms with van der Waals surface area (Å²) in [6, 6.07) is 5.88. The number of rotatable bonds is 10. The highest BCUT2D eigenvalue weighted by molar-refractivity contribution is 7.99. The highest BCUT2D eigenvalue weighted by atomic mass is 32.2. The third kappa shape index (κ3) is 7.06. The van der Waals surface area contributed by atoms with E-state index in [4.69, 9.17) is 9.47 Å². The van der Waals surface area contributed by atoms with Crippen molar-refractivity contribution in [3.05, 3.63) is 46.1 Å². The zero-order chi connectivity index (χ0) is 23.7. The molecule has 2 aromatic rings. The van der Waals surface area contributed by atoms with E-state index < -0.39 is 30.4 Å². The minimum absolute atomic E-state index is 0.0579. The fraction of sp³-hybridized carbons (Fsp3) is 0.333. The summed E-state index contributed by atoms with van der Waals surface area (Å²) in [7, 11) is 1.46. The Balaban J connectivity index is 1.92. The average molecular weight is 483 g/mol. The lowest BCUT2D eigenvalue weighted by atomic mass is 10.1. The van der Waals surface area contributed by atoms with E-state index >= 15 is 0 Å². The number of anilines is 1. The molecule has 8 nitrogen and oxygen atoms in total. The van der Waals surface area contributed by atoms with E-state index in [1.165, 1.54) is 30.9 Å². The minimum atomic E-state index is -0.665. The number of thiophene rings is 1. The lowest BCUT2D eigenvalue weighted by Crippen LogP contribution is -2.22. The standard InChI is InChI=1S/C21H23FN2O6S2/c1-4-29-21(28)17-12(2)18(19(27)23-3)32-20(17)24-15(25)11-30-16(26)9-10-31-14-7-5-13(22)6-8-14/h5-8H,4,9-11H2,1-3H3,(H,23,27)(H,24,25). The third-order valence-corrected chi connectivity index (χ3v) is 6.29. The van der Waals surface area contributed by atoms with Crippen LogP contribution in [0.5, 0.6) is 0 Å². The van der Waals surface area contributed by atoms with E-state index in [1.807, 2.05) is 0 Å². The van der Waals surface area contributed by atoms with Gasteiger partial charge in [-0.2, -0.15) is 0 Å². The lowest BCUT2D eigenvalue weighted by molar-refractivity contribution is -0.146. The second-order valence-electron chi connectivity index (χ2n) is 6.32. The molecule has 11 heteroatoms. The van der Waals surface area contributed by atoms with Crippen LogP contribution in [-0.2, 0) is 19.1 Å². The van der Waals surface area contributed by atoms with Gasteiger partial charge in [0.1, 0.15) is 10.8 Å². The van der Waals surface area contributed by atoms with Gasteiger partial charge in [0.25, 0.3) is 11.8 Å². The maximum absolute atomic E-state index is 12.9. The molecule has 0 fully saturated rings. The molecule has 0 spiro atoms. The summed E-state index contributed by atoms with van der Waals surface area (Å²) in [5, 5.41) is 5.14. The predicted octanol–water partition coefficient (Wildman–Crippen LogP) is 3.40. The van der Waals surface area contributed by atoms with Crippen LogP contribution in [0.3, 0.4) is 0 Å². The summed E-state index contributed by atoms with van der Waals surface area (Å²) in [6.45, 7) is 2.81. The van der Waals surface area contributed by atoms with Crippen LogP contribution in [-0.4, -0.2) is 49.8 Å². The second kappa shape index (κ2) is 12.2. The van der Waals surface area contributed by atoms with E-state index in [0.717, 1.165) is 16.2 Å². The monoisotopic (exact) mass is 482 g/mol. The number of hydrogen-bond donors (Lipinski definition) is 2. The number of carbonyl (C=O) groups is 4. The van der Waals surface area contributed by atoms with Crippen LogP contribution in [0, 0.1) is 12.7 Å². The number of benzene rings is 1. The van der Waals surface area contributed by atoms with Gasteiger partial charge in [-0.25, -0.2) is 9.18 Å². The Labute approximate surface area is 192 Å². The van der Waals surface area contributed by atoms with Gasteiger partial charge in [0.05, 0.1) is 23.5 Å². The van der Waals surface area contributed by atoms with Crippen LogP contribution in [0.1, 0.15) is 38.9 Å². The maximum atomic E-state index is 12.9. The van der Waals surface area contributed by atoms with Gasteiger partial charge in [0.15, 0.2) is 6.61 Å². The molecular weight excluding hydrogens is 459 g/mol. The van der Waals surface area contributed by atoms with Crippen molar-refractivity contribution in [1.82, 2.24) is 5.32 Å². The van der Waals surface area contributed by atoms with Gasteiger partial charge >= 0.3 is 11.9 Å². The molecule has 0 radical (unpaired) electrons. The van der Waals surface area contributed by atoms with Gasteiger partial charge in [-0.1, -0.05) is 0 Å². The van der Waals surface area contributed by atoms with Crippen LogP contribution in [0.4, 0.5) is 9.39 Å². The third-order valence-electron chi connectivity index (χ3n) is 4.07. The van der Waals surface area contributed by atoms with E-state index in [2.05, 4.69) is 10.6 Å². The molecule has 172 valence electrons. The first kappa shape index (κ1) is 25.3. The van der Waals surface area contributed by atoms with Crippen molar-refractivity contribution in [1.29, 1.82) is 0 Å². The van der Waals surface area contributed by atoms with Crippen molar-refractivity contribution < 1.29 is 33.0 Å². The van der Waals surface area contributed by atoms with Gasteiger partial charge in [-0.3, -0.25) is 14.4 Å². The molecule has 0 aliphatic heterocycles. The number of ether oxygens (including phenoxy) is 2. The van der Waals surface area contributed by atoms with Crippen LogP contribution >= 0.6 is 23.1 Å². The number of esters is 2. The molecule has 0 atom stereocenters. The number of thioether (sulfide) groups is 1. The minimum Gasteiger partial charge on any atom is -0.462 e. The Morgan fingerprint density at radius 3 is 2.44 bits per heavy atom. The van der Waals surface area contributed by atoms with Crippen molar-refractivity contribution in [2.75, 3.05) is 31.3 Å². The van der Waals surface area contributed by atoms with E-state index in [1.54, 1.807) is 26.0 Å². The summed E-state index contributed by atoms with van der Waals surface area (Å²) < 4.78 is 22.9. The second-order valence-corrected chi connectivity index (χ2v) is 8.51. The summed E-state index contributed by atoms with van der Waals surface area (Å²) in [6.07, 6.45) is 0.0579. The molecule has 0 aliphatic carbocycles. The molecule has 32 heavy (non-hydrogen) atoms.